The third kappa shape index (κ3) is 5.41. The quantitative estimate of drug-likeness (QED) is 0.572. The number of carbonyl (C=O) groups is 2. The van der Waals surface area contributed by atoms with Crippen LogP contribution in [0.15, 0.2) is 18.2 Å². The number of benzene rings is 1. The van der Waals surface area contributed by atoms with E-state index in [0.717, 1.165) is 44.9 Å². The minimum Gasteiger partial charge on any atom is -0.495 e. The number of carbonyl (C=O) groups excluding carboxylic acids is 2. The summed E-state index contributed by atoms with van der Waals surface area (Å²) in [7, 11) is -1.97. The molecule has 1 aromatic rings. The molecule has 0 unspecified atom stereocenters. The third-order valence-corrected chi connectivity index (χ3v) is 7.31. The summed E-state index contributed by atoms with van der Waals surface area (Å²) in [5.74, 6) is -0.945. The van der Waals surface area contributed by atoms with Gasteiger partial charge in [-0.3, -0.25) is 13.9 Å². The van der Waals surface area contributed by atoms with Crippen LogP contribution in [0.1, 0.15) is 51.4 Å². The van der Waals surface area contributed by atoms with Crippen molar-refractivity contribution in [3.63, 3.8) is 0 Å². The molecule has 0 atom stereocenters. The van der Waals surface area contributed by atoms with Gasteiger partial charge in [0, 0.05) is 18.3 Å². The minimum absolute atomic E-state index is 0.0284. The third-order valence-electron chi connectivity index (χ3n) is 5.45. The summed E-state index contributed by atoms with van der Waals surface area (Å²) in [6.07, 6.45) is 7.58. The predicted molar refractivity (Wildman–Crippen MR) is 112 cm³/mol. The molecule has 29 heavy (non-hydrogen) atoms. The van der Waals surface area contributed by atoms with Crippen LogP contribution < -0.4 is 19.7 Å². The monoisotopic (exact) mass is 423 g/mol. The highest BCUT2D eigenvalue weighted by Gasteiger charge is 2.29. The zero-order valence-electron chi connectivity index (χ0n) is 16.8. The first-order valence-corrected chi connectivity index (χ1v) is 11.8. The Morgan fingerprint density at radius 1 is 1.03 bits per heavy atom. The number of nitrogens with zero attached hydrogens (tertiary/aromatic N) is 1. The predicted octanol–water partition coefficient (Wildman–Crippen LogP) is 2.40. The number of nitrogens with one attached hydrogen (secondary N) is 2. The SMILES string of the molecule is COc1ccc(NC(=O)C(=O)NC2CCCCCC2)cc1N1CCCCS1(=O)=O. The molecule has 160 valence electrons. The number of methoxy groups -OCH3 is 1. The van der Waals surface area contributed by atoms with E-state index in [0.29, 0.717) is 30.1 Å². The number of hydrogen-bond acceptors (Lipinski definition) is 5. The number of anilines is 2. The van der Waals surface area contributed by atoms with Gasteiger partial charge in [-0.1, -0.05) is 25.7 Å². The molecule has 1 heterocycles. The van der Waals surface area contributed by atoms with Gasteiger partial charge in [-0.15, -0.1) is 0 Å². The minimum atomic E-state index is -3.43. The maximum atomic E-state index is 12.5. The van der Waals surface area contributed by atoms with E-state index >= 15 is 0 Å². The first-order chi connectivity index (χ1) is 13.9. The summed E-state index contributed by atoms with van der Waals surface area (Å²) in [5, 5.41) is 5.39. The van der Waals surface area contributed by atoms with E-state index in [9.17, 15) is 18.0 Å². The van der Waals surface area contributed by atoms with E-state index in [4.69, 9.17) is 4.74 Å². The molecule has 8 nitrogen and oxygen atoms in total. The van der Waals surface area contributed by atoms with E-state index in [2.05, 4.69) is 10.6 Å². The second-order valence-corrected chi connectivity index (χ2v) is 9.61. The van der Waals surface area contributed by atoms with Gasteiger partial charge in [0.05, 0.1) is 18.6 Å². The van der Waals surface area contributed by atoms with E-state index < -0.39 is 21.8 Å². The van der Waals surface area contributed by atoms with Gasteiger partial charge in [-0.2, -0.15) is 0 Å². The molecule has 2 aliphatic rings. The van der Waals surface area contributed by atoms with Gasteiger partial charge in [0.25, 0.3) is 0 Å². The Hall–Kier alpha value is -2.29. The van der Waals surface area contributed by atoms with Crippen molar-refractivity contribution in [1.82, 2.24) is 5.32 Å². The maximum Gasteiger partial charge on any atom is 0.313 e. The molecule has 1 aliphatic carbocycles. The van der Waals surface area contributed by atoms with Gasteiger partial charge in [0.2, 0.25) is 10.0 Å². The Balaban J connectivity index is 1.72. The van der Waals surface area contributed by atoms with Crippen LogP contribution in [0.5, 0.6) is 5.75 Å². The van der Waals surface area contributed by atoms with Gasteiger partial charge in [-0.25, -0.2) is 8.42 Å². The average Bonchev–Trinajstić information content (AvgIpc) is 2.96. The molecule has 1 aliphatic heterocycles. The van der Waals surface area contributed by atoms with Crippen molar-refractivity contribution < 1.29 is 22.7 Å². The lowest BCUT2D eigenvalue weighted by Gasteiger charge is -2.29. The Labute approximate surface area is 172 Å². The van der Waals surface area contributed by atoms with Gasteiger partial charge < -0.3 is 15.4 Å². The normalized spacial score (nSPS) is 19.8. The van der Waals surface area contributed by atoms with Gasteiger partial charge in [-0.05, 0) is 43.9 Å². The first kappa shape index (κ1) is 21.4. The molecule has 1 saturated carbocycles. The smallest absolute Gasteiger partial charge is 0.313 e. The Kier molecular flexibility index (Phi) is 7.00. The van der Waals surface area contributed by atoms with Crippen LogP contribution in [0.3, 0.4) is 0 Å². The fraction of sp³-hybridized carbons (Fsp3) is 0.600. The highest BCUT2D eigenvalue weighted by molar-refractivity contribution is 7.92. The molecule has 3 rings (SSSR count). The first-order valence-electron chi connectivity index (χ1n) is 10.2. The second kappa shape index (κ2) is 9.47. The van der Waals surface area contributed by atoms with E-state index in [-0.39, 0.29) is 11.8 Å². The van der Waals surface area contributed by atoms with Crippen LogP contribution in [0, 0.1) is 0 Å². The summed E-state index contributed by atoms with van der Waals surface area (Å²) in [6, 6.07) is 4.76. The molecule has 2 amide bonds. The molecule has 0 radical (unpaired) electrons. The van der Waals surface area contributed by atoms with Crippen molar-refractivity contribution in [2.45, 2.75) is 57.4 Å². The molecular formula is C20H29N3O5S. The summed E-state index contributed by atoms with van der Waals surface area (Å²) in [6.45, 7) is 0.359. The summed E-state index contributed by atoms with van der Waals surface area (Å²) >= 11 is 0. The van der Waals surface area contributed by atoms with Gasteiger partial charge in [0.15, 0.2) is 0 Å². The van der Waals surface area contributed by atoms with Crippen molar-refractivity contribution in [2.75, 3.05) is 29.0 Å². The molecule has 2 N–H and O–H groups in total. The van der Waals surface area contributed by atoms with E-state index in [1.165, 1.54) is 11.4 Å². The van der Waals surface area contributed by atoms with Gasteiger partial charge in [0.1, 0.15) is 5.75 Å². The van der Waals surface area contributed by atoms with Crippen LogP contribution >= 0.6 is 0 Å². The average molecular weight is 424 g/mol. The summed E-state index contributed by atoms with van der Waals surface area (Å²) in [4.78, 5) is 24.6. The van der Waals surface area contributed by atoms with Crippen molar-refractivity contribution >= 4 is 33.2 Å². The topological polar surface area (TPSA) is 105 Å². The van der Waals surface area contributed by atoms with Crippen molar-refractivity contribution in [2.24, 2.45) is 0 Å². The number of ether oxygens (including phenoxy) is 1. The Morgan fingerprint density at radius 3 is 2.41 bits per heavy atom. The molecule has 9 heteroatoms. The van der Waals surface area contributed by atoms with Crippen LogP contribution in [0.2, 0.25) is 0 Å². The highest BCUT2D eigenvalue weighted by atomic mass is 32.2. The van der Waals surface area contributed by atoms with Crippen molar-refractivity contribution in [3.8, 4) is 5.75 Å². The van der Waals surface area contributed by atoms with E-state index in [1.54, 1.807) is 18.2 Å². The van der Waals surface area contributed by atoms with E-state index in [1.807, 2.05) is 0 Å². The summed E-state index contributed by atoms with van der Waals surface area (Å²) in [5.41, 5.74) is 0.719. The number of amides is 2. The number of rotatable bonds is 4. The molecule has 1 aromatic carbocycles. The van der Waals surface area contributed by atoms with Crippen molar-refractivity contribution in [1.29, 1.82) is 0 Å². The Morgan fingerprint density at radius 2 is 1.76 bits per heavy atom. The Bertz CT molecular complexity index is 848. The lowest BCUT2D eigenvalue weighted by molar-refractivity contribution is -0.136. The molecule has 2 fully saturated rings. The largest absolute Gasteiger partial charge is 0.495 e. The number of sulfonamides is 1. The van der Waals surface area contributed by atoms with Crippen LogP contribution in [-0.4, -0.2) is 45.7 Å². The van der Waals surface area contributed by atoms with Crippen LogP contribution in [-0.2, 0) is 19.6 Å². The fourth-order valence-electron chi connectivity index (χ4n) is 3.88. The maximum absolute atomic E-state index is 12.5. The second-order valence-electron chi connectivity index (χ2n) is 7.60. The lowest BCUT2D eigenvalue weighted by atomic mass is 10.1. The zero-order chi connectivity index (χ0) is 20.9. The zero-order valence-corrected chi connectivity index (χ0v) is 17.6. The molecule has 1 saturated heterocycles. The van der Waals surface area contributed by atoms with Crippen LogP contribution in [0.4, 0.5) is 11.4 Å². The number of hydrogen-bond donors (Lipinski definition) is 2. The molecule has 0 aromatic heterocycles. The fourth-order valence-corrected chi connectivity index (χ4v) is 5.52. The molecule has 0 spiro atoms. The lowest BCUT2D eigenvalue weighted by Crippen LogP contribution is -2.41. The molecular weight excluding hydrogens is 394 g/mol. The summed E-state index contributed by atoms with van der Waals surface area (Å²) < 4.78 is 31.6. The highest BCUT2D eigenvalue weighted by Crippen LogP contribution is 2.35. The van der Waals surface area contributed by atoms with Crippen LogP contribution in [0.25, 0.3) is 0 Å². The van der Waals surface area contributed by atoms with Crippen molar-refractivity contribution in [3.05, 3.63) is 18.2 Å². The molecule has 0 bridgehead atoms. The van der Waals surface area contributed by atoms with Gasteiger partial charge >= 0.3 is 11.8 Å². The standard InChI is InChI=1S/C20H29N3O5S/c1-28-18-11-10-16(14-17(18)23-12-6-7-13-29(23,26)27)22-20(25)19(24)21-15-8-4-2-3-5-9-15/h10-11,14-15H,2-9,12-13H2,1H3,(H,21,24)(H,22,25).